The van der Waals surface area contributed by atoms with Crippen LogP contribution in [-0.4, -0.2) is 36.9 Å². The van der Waals surface area contributed by atoms with E-state index in [4.69, 9.17) is 32.7 Å². The third kappa shape index (κ3) is 5.71. The van der Waals surface area contributed by atoms with Gasteiger partial charge in [-0.15, -0.1) is 23.2 Å². The molecule has 0 unspecified atom stereocenters. The zero-order valence-electron chi connectivity index (χ0n) is 11.4. The van der Waals surface area contributed by atoms with Crippen molar-refractivity contribution in [2.75, 3.05) is 25.0 Å². The average Bonchev–Trinajstić information content (AvgIpc) is 2.47. The van der Waals surface area contributed by atoms with Gasteiger partial charge in [-0.3, -0.25) is 9.59 Å². The third-order valence-electron chi connectivity index (χ3n) is 3.08. The predicted octanol–water partition coefficient (Wildman–Crippen LogP) is 2.91. The van der Waals surface area contributed by atoms with Crippen LogP contribution in [0.15, 0.2) is 12.2 Å². The Morgan fingerprint density at radius 2 is 1.30 bits per heavy atom. The fourth-order valence-corrected chi connectivity index (χ4v) is 2.22. The summed E-state index contributed by atoms with van der Waals surface area (Å²) in [6, 6.07) is 0. The van der Waals surface area contributed by atoms with Crippen molar-refractivity contribution in [3.05, 3.63) is 12.2 Å². The van der Waals surface area contributed by atoms with Gasteiger partial charge in [-0.2, -0.15) is 0 Å². The van der Waals surface area contributed by atoms with Crippen LogP contribution in [-0.2, 0) is 19.1 Å². The lowest BCUT2D eigenvalue weighted by Crippen LogP contribution is -2.34. The molecule has 0 fully saturated rings. The molecule has 4 nitrogen and oxygen atoms in total. The fourth-order valence-electron chi connectivity index (χ4n) is 2.00. The van der Waals surface area contributed by atoms with Crippen LogP contribution in [0.1, 0.15) is 25.7 Å². The van der Waals surface area contributed by atoms with Gasteiger partial charge in [0.1, 0.15) is 0 Å². The van der Waals surface area contributed by atoms with Crippen LogP contribution < -0.4 is 0 Å². The van der Waals surface area contributed by atoms with Gasteiger partial charge in [0.05, 0.1) is 25.0 Å². The minimum absolute atomic E-state index is 0.288. The molecule has 1 aliphatic rings. The Morgan fingerprint density at radius 1 is 0.900 bits per heavy atom. The maximum Gasteiger partial charge on any atom is 0.310 e. The molecule has 2 atom stereocenters. The summed E-state index contributed by atoms with van der Waals surface area (Å²) in [5, 5.41) is 0. The van der Waals surface area contributed by atoms with Crippen LogP contribution in [0.2, 0.25) is 0 Å². The van der Waals surface area contributed by atoms with E-state index >= 15 is 0 Å². The molecule has 0 aromatic rings. The maximum atomic E-state index is 12.0. The molecule has 6 heteroatoms. The summed E-state index contributed by atoms with van der Waals surface area (Å²) in [6.07, 6.45) is 6.04. The van der Waals surface area contributed by atoms with Gasteiger partial charge >= 0.3 is 11.9 Å². The smallest absolute Gasteiger partial charge is 0.310 e. The van der Waals surface area contributed by atoms with Crippen LogP contribution in [0.25, 0.3) is 0 Å². The molecule has 1 aliphatic carbocycles. The zero-order valence-corrected chi connectivity index (χ0v) is 12.9. The number of ether oxygens (including phenoxy) is 2. The summed E-state index contributed by atoms with van der Waals surface area (Å²) in [6.45, 7) is 0.577. The molecule has 1 rings (SSSR count). The highest BCUT2D eigenvalue weighted by Crippen LogP contribution is 2.28. The summed E-state index contributed by atoms with van der Waals surface area (Å²) in [4.78, 5) is 24.0. The first-order valence-corrected chi connectivity index (χ1v) is 7.87. The lowest BCUT2D eigenvalue weighted by molar-refractivity contribution is -0.161. The average molecular weight is 323 g/mol. The SMILES string of the molecule is O=C(OCCCCl)[C@H]1CC=CC[C@@H]1C(=O)OCCCCl. The molecule has 0 N–H and O–H groups in total. The molecule has 114 valence electrons. The highest BCUT2D eigenvalue weighted by Gasteiger charge is 2.36. The number of hydrogen-bond donors (Lipinski definition) is 0. The molecule has 0 spiro atoms. The number of allylic oxidation sites excluding steroid dienone is 2. The summed E-state index contributed by atoms with van der Waals surface area (Å²) >= 11 is 11.1. The van der Waals surface area contributed by atoms with Crippen molar-refractivity contribution in [3.63, 3.8) is 0 Å². The number of halogens is 2. The standard InChI is InChI=1S/C14H20Cl2O4/c15-7-3-9-19-13(17)11-5-1-2-6-12(11)14(18)20-10-4-8-16/h1-2,11-12H,3-10H2/t11-,12-/m0/s1. The van der Waals surface area contributed by atoms with E-state index in [9.17, 15) is 9.59 Å². The van der Waals surface area contributed by atoms with Crippen molar-refractivity contribution in [2.45, 2.75) is 25.7 Å². The van der Waals surface area contributed by atoms with E-state index in [1.165, 1.54) is 0 Å². The first kappa shape index (κ1) is 17.3. The first-order chi connectivity index (χ1) is 9.70. The Bertz CT molecular complexity index is 312. The van der Waals surface area contributed by atoms with Crippen molar-refractivity contribution >= 4 is 35.1 Å². The molecule has 20 heavy (non-hydrogen) atoms. The van der Waals surface area contributed by atoms with Gasteiger partial charge in [-0.25, -0.2) is 0 Å². The quantitative estimate of drug-likeness (QED) is 0.298. The Morgan fingerprint density at radius 3 is 1.65 bits per heavy atom. The molecular weight excluding hydrogens is 303 g/mol. The Kier molecular flexibility index (Phi) is 8.70. The molecule has 0 aliphatic heterocycles. The van der Waals surface area contributed by atoms with Crippen molar-refractivity contribution in [1.82, 2.24) is 0 Å². The number of alkyl halides is 2. The molecular formula is C14H20Cl2O4. The second-order valence-electron chi connectivity index (χ2n) is 4.58. The number of carbonyl (C=O) groups excluding carboxylic acids is 2. The molecule has 0 heterocycles. The summed E-state index contributed by atoms with van der Waals surface area (Å²) in [5.74, 6) is -0.723. The molecule has 0 bridgehead atoms. The van der Waals surface area contributed by atoms with E-state index in [1.54, 1.807) is 0 Å². The summed E-state index contributed by atoms with van der Waals surface area (Å²) in [7, 11) is 0. The third-order valence-corrected chi connectivity index (χ3v) is 3.62. The molecule has 0 saturated carbocycles. The van der Waals surface area contributed by atoms with Gasteiger partial charge in [-0.05, 0) is 25.7 Å². The number of rotatable bonds is 8. The Hall–Kier alpha value is -0.740. The monoisotopic (exact) mass is 322 g/mol. The highest BCUT2D eigenvalue weighted by molar-refractivity contribution is 6.18. The number of hydrogen-bond acceptors (Lipinski definition) is 4. The van der Waals surface area contributed by atoms with Gasteiger partial charge in [0.15, 0.2) is 0 Å². The van der Waals surface area contributed by atoms with E-state index in [0.29, 0.717) is 37.4 Å². The second kappa shape index (κ2) is 10.1. The van der Waals surface area contributed by atoms with E-state index in [0.717, 1.165) is 0 Å². The van der Waals surface area contributed by atoms with Crippen molar-refractivity contribution in [1.29, 1.82) is 0 Å². The molecule has 0 aromatic heterocycles. The number of esters is 2. The molecule has 0 saturated heterocycles. The van der Waals surface area contributed by atoms with Gasteiger partial charge in [0.2, 0.25) is 0 Å². The van der Waals surface area contributed by atoms with Crippen molar-refractivity contribution < 1.29 is 19.1 Å². The van der Waals surface area contributed by atoms with Crippen molar-refractivity contribution in [2.24, 2.45) is 11.8 Å². The Balaban J connectivity index is 2.51. The summed E-state index contributed by atoms with van der Waals surface area (Å²) < 4.78 is 10.3. The van der Waals surface area contributed by atoms with Crippen LogP contribution in [0.5, 0.6) is 0 Å². The Labute approximate surface area is 129 Å². The van der Waals surface area contributed by atoms with E-state index in [-0.39, 0.29) is 25.2 Å². The normalized spacial score (nSPS) is 21.5. The molecule has 0 aromatic carbocycles. The van der Waals surface area contributed by atoms with Crippen LogP contribution in [0, 0.1) is 11.8 Å². The topological polar surface area (TPSA) is 52.6 Å². The minimum atomic E-state index is -0.459. The predicted molar refractivity (Wildman–Crippen MR) is 77.9 cm³/mol. The zero-order chi connectivity index (χ0) is 14.8. The van der Waals surface area contributed by atoms with Crippen LogP contribution in [0.3, 0.4) is 0 Å². The molecule has 0 amide bonds. The van der Waals surface area contributed by atoms with Gasteiger partial charge < -0.3 is 9.47 Å². The summed E-state index contributed by atoms with van der Waals surface area (Å²) in [5.41, 5.74) is 0. The highest BCUT2D eigenvalue weighted by atomic mass is 35.5. The maximum absolute atomic E-state index is 12.0. The minimum Gasteiger partial charge on any atom is -0.465 e. The number of carbonyl (C=O) groups is 2. The lowest BCUT2D eigenvalue weighted by Gasteiger charge is -2.25. The van der Waals surface area contributed by atoms with Gasteiger partial charge in [-0.1, -0.05) is 12.2 Å². The van der Waals surface area contributed by atoms with E-state index < -0.39 is 11.8 Å². The van der Waals surface area contributed by atoms with E-state index in [1.807, 2.05) is 12.2 Å². The van der Waals surface area contributed by atoms with Crippen LogP contribution >= 0.6 is 23.2 Å². The van der Waals surface area contributed by atoms with E-state index in [2.05, 4.69) is 0 Å². The van der Waals surface area contributed by atoms with Crippen LogP contribution in [0.4, 0.5) is 0 Å². The first-order valence-electron chi connectivity index (χ1n) is 6.81. The fraction of sp³-hybridized carbons (Fsp3) is 0.714. The molecule has 0 radical (unpaired) electrons. The largest absolute Gasteiger partial charge is 0.465 e. The van der Waals surface area contributed by atoms with Gasteiger partial charge in [0, 0.05) is 11.8 Å². The second-order valence-corrected chi connectivity index (χ2v) is 5.33. The van der Waals surface area contributed by atoms with Gasteiger partial charge in [0.25, 0.3) is 0 Å². The van der Waals surface area contributed by atoms with Crippen molar-refractivity contribution in [3.8, 4) is 0 Å². The lowest BCUT2D eigenvalue weighted by atomic mass is 9.83.